The van der Waals surface area contributed by atoms with Crippen LogP contribution >= 0.6 is 0 Å². The topological polar surface area (TPSA) is 169 Å². The van der Waals surface area contributed by atoms with Crippen molar-refractivity contribution in [1.82, 2.24) is 29.7 Å². The zero-order valence-electron chi connectivity index (χ0n) is 35.9. The summed E-state index contributed by atoms with van der Waals surface area (Å²) in [6.45, 7) is 12.5. The number of anilines is 4. The molecule has 0 radical (unpaired) electrons. The maximum atomic E-state index is 13.1. The Hall–Kier alpha value is -6.46. The summed E-state index contributed by atoms with van der Waals surface area (Å²) in [6, 6.07) is 11.2. The van der Waals surface area contributed by atoms with Gasteiger partial charge in [-0.2, -0.15) is 0 Å². The average Bonchev–Trinajstić information content (AvgIpc) is 3.27. The van der Waals surface area contributed by atoms with Crippen molar-refractivity contribution >= 4 is 35.1 Å². The Labute approximate surface area is 345 Å². The highest BCUT2D eigenvalue weighted by atomic mass is 16.5. The molecule has 0 bridgehead atoms. The molecule has 18 nitrogen and oxygen atoms in total. The SMILES string of the molecule is COc1cc(OC)cc(N2CCN(C(=O)N(C)c3nc(C)c(C)nc3OC)CC2)c1.COc1cc(OC)cc(N2CCN(C(=O)Nc3nc(C)c(C)nc3OC)CC2)c1. The van der Waals surface area contributed by atoms with Crippen molar-refractivity contribution in [2.45, 2.75) is 27.7 Å². The number of benzene rings is 2. The highest BCUT2D eigenvalue weighted by Crippen LogP contribution is 2.31. The fourth-order valence-corrected chi connectivity index (χ4v) is 6.49. The summed E-state index contributed by atoms with van der Waals surface area (Å²) in [6.07, 6.45) is 0. The molecule has 318 valence electrons. The molecular formula is C41H56N10O8. The molecule has 4 heterocycles. The van der Waals surface area contributed by atoms with E-state index in [4.69, 9.17) is 28.4 Å². The predicted octanol–water partition coefficient (Wildman–Crippen LogP) is 4.97. The number of nitrogens with one attached hydrogen (secondary N) is 1. The highest BCUT2D eigenvalue weighted by molar-refractivity contribution is 5.92. The molecule has 0 unspecified atom stereocenters. The van der Waals surface area contributed by atoms with Crippen molar-refractivity contribution in [2.24, 2.45) is 0 Å². The van der Waals surface area contributed by atoms with Gasteiger partial charge in [0, 0.05) is 107 Å². The van der Waals surface area contributed by atoms with E-state index in [0.29, 0.717) is 75.8 Å². The van der Waals surface area contributed by atoms with Crippen molar-refractivity contribution < 1.29 is 38.0 Å². The van der Waals surface area contributed by atoms with Gasteiger partial charge in [-0.05, 0) is 27.7 Å². The lowest BCUT2D eigenvalue weighted by atomic mass is 10.2. The fourth-order valence-electron chi connectivity index (χ4n) is 6.49. The van der Waals surface area contributed by atoms with Crippen LogP contribution in [0.25, 0.3) is 0 Å². The number of amides is 4. The van der Waals surface area contributed by atoms with Crippen LogP contribution in [-0.4, -0.2) is 144 Å². The molecule has 0 saturated carbocycles. The Morgan fingerprint density at radius 1 is 0.525 bits per heavy atom. The largest absolute Gasteiger partial charge is 0.497 e. The van der Waals surface area contributed by atoms with Crippen LogP contribution in [0.5, 0.6) is 34.8 Å². The van der Waals surface area contributed by atoms with Crippen LogP contribution in [0, 0.1) is 27.7 Å². The van der Waals surface area contributed by atoms with E-state index in [2.05, 4.69) is 35.1 Å². The number of piperazine rings is 2. The van der Waals surface area contributed by atoms with Crippen LogP contribution < -0.4 is 48.4 Å². The highest BCUT2D eigenvalue weighted by Gasteiger charge is 2.28. The second-order valence-corrected chi connectivity index (χ2v) is 13.8. The van der Waals surface area contributed by atoms with Crippen LogP contribution in [0.15, 0.2) is 36.4 Å². The number of carbonyl (C=O) groups excluding carboxylic acids is 2. The van der Waals surface area contributed by atoms with Crippen LogP contribution in [0.2, 0.25) is 0 Å². The number of aryl methyl sites for hydroxylation is 4. The normalized spacial score (nSPS) is 13.8. The average molecular weight is 817 g/mol. The van der Waals surface area contributed by atoms with E-state index in [0.717, 1.165) is 57.1 Å². The zero-order valence-corrected chi connectivity index (χ0v) is 35.9. The number of hydrogen-bond donors (Lipinski definition) is 1. The van der Waals surface area contributed by atoms with Crippen molar-refractivity contribution in [3.8, 4) is 34.8 Å². The molecule has 0 aliphatic carbocycles. The molecule has 2 saturated heterocycles. The predicted molar refractivity (Wildman–Crippen MR) is 226 cm³/mol. The quantitative estimate of drug-likeness (QED) is 0.228. The Morgan fingerprint density at radius 3 is 1.34 bits per heavy atom. The van der Waals surface area contributed by atoms with Gasteiger partial charge in [0.1, 0.15) is 23.0 Å². The van der Waals surface area contributed by atoms with Crippen LogP contribution in [0.3, 0.4) is 0 Å². The number of rotatable bonds is 10. The molecule has 0 atom stereocenters. The van der Waals surface area contributed by atoms with Crippen molar-refractivity contribution in [3.05, 3.63) is 59.2 Å². The minimum absolute atomic E-state index is 0.131. The lowest BCUT2D eigenvalue weighted by Gasteiger charge is -2.37. The molecule has 2 fully saturated rings. The van der Waals surface area contributed by atoms with Gasteiger partial charge in [0.25, 0.3) is 11.8 Å². The second kappa shape index (κ2) is 19.8. The van der Waals surface area contributed by atoms with E-state index in [-0.39, 0.29) is 12.1 Å². The third kappa shape index (κ3) is 10.5. The lowest BCUT2D eigenvalue weighted by molar-refractivity contribution is 0.202. The number of hydrogen-bond acceptors (Lipinski definition) is 14. The lowest BCUT2D eigenvalue weighted by Crippen LogP contribution is -2.52. The minimum Gasteiger partial charge on any atom is -0.497 e. The Morgan fingerprint density at radius 2 is 0.915 bits per heavy atom. The molecule has 2 aromatic heterocycles. The van der Waals surface area contributed by atoms with E-state index in [1.165, 1.54) is 19.1 Å². The molecule has 4 aromatic rings. The first-order valence-electron chi connectivity index (χ1n) is 19.2. The van der Waals surface area contributed by atoms with Crippen molar-refractivity contribution in [1.29, 1.82) is 0 Å². The molecule has 1 N–H and O–H groups in total. The third-order valence-electron chi connectivity index (χ3n) is 10.3. The molecule has 4 amide bonds. The molecule has 2 aliphatic rings. The fraction of sp³-hybridized carbons (Fsp3) is 0.463. The first kappa shape index (κ1) is 43.7. The molecule has 2 aliphatic heterocycles. The number of ether oxygens (including phenoxy) is 6. The van der Waals surface area contributed by atoms with Gasteiger partial charge < -0.3 is 48.0 Å². The summed E-state index contributed by atoms with van der Waals surface area (Å²) in [4.78, 5) is 52.9. The third-order valence-corrected chi connectivity index (χ3v) is 10.3. The standard InChI is InChI=1S/C21H29N5O4.C20H27N5O4/c1-14-15(2)23-20(30-6)19(22-14)24(3)21(27)26-9-7-25(8-10-26)16-11-17(28-4)13-18(12-16)29-5;1-13-14(2)22-19(29-5)18(21-13)23-20(26)25-8-6-24(7-9-25)15-10-16(27-3)12-17(11-15)28-4/h11-13H,7-10H2,1-6H3;10-12H,6-9H2,1-5H3,(H,21,23,26). The minimum atomic E-state index is -0.219. The first-order chi connectivity index (χ1) is 28.3. The van der Waals surface area contributed by atoms with Gasteiger partial charge in [-0.1, -0.05) is 0 Å². The maximum Gasteiger partial charge on any atom is 0.325 e. The van der Waals surface area contributed by atoms with E-state index in [9.17, 15) is 9.59 Å². The summed E-state index contributed by atoms with van der Waals surface area (Å²) < 4.78 is 32.0. The molecule has 59 heavy (non-hydrogen) atoms. The van der Waals surface area contributed by atoms with Gasteiger partial charge in [0.05, 0.1) is 65.4 Å². The van der Waals surface area contributed by atoms with Gasteiger partial charge >= 0.3 is 12.1 Å². The molecular weight excluding hydrogens is 761 g/mol. The van der Waals surface area contributed by atoms with E-state index in [1.807, 2.05) is 69.0 Å². The summed E-state index contributed by atoms with van der Waals surface area (Å²) >= 11 is 0. The van der Waals surface area contributed by atoms with Gasteiger partial charge in [0.15, 0.2) is 11.6 Å². The number of urea groups is 2. The second-order valence-electron chi connectivity index (χ2n) is 13.8. The Kier molecular flexibility index (Phi) is 14.7. The van der Waals surface area contributed by atoms with Gasteiger partial charge in [-0.15, -0.1) is 0 Å². The number of methoxy groups -OCH3 is 6. The van der Waals surface area contributed by atoms with E-state index >= 15 is 0 Å². The summed E-state index contributed by atoms with van der Waals surface area (Å²) in [7, 11) is 11.3. The molecule has 18 heteroatoms. The Bertz CT molecular complexity index is 2040. The van der Waals surface area contributed by atoms with Crippen LogP contribution in [0.4, 0.5) is 32.6 Å². The van der Waals surface area contributed by atoms with Gasteiger partial charge in [-0.3, -0.25) is 10.2 Å². The first-order valence-corrected chi connectivity index (χ1v) is 19.2. The van der Waals surface area contributed by atoms with Crippen LogP contribution in [-0.2, 0) is 0 Å². The monoisotopic (exact) mass is 816 g/mol. The van der Waals surface area contributed by atoms with Crippen molar-refractivity contribution in [2.75, 3.05) is 122 Å². The van der Waals surface area contributed by atoms with Gasteiger partial charge in [-0.25, -0.2) is 29.5 Å². The van der Waals surface area contributed by atoms with Crippen molar-refractivity contribution in [3.63, 3.8) is 0 Å². The number of aromatic nitrogens is 4. The van der Waals surface area contributed by atoms with Gasteiger partial charge in [0.2, 0.25) is 0 Å². The maximum absolute atomic E-state index is 13.1. The molecule has 0 spiro atoms. The molecule has 6 rings (SSSR count). The summed E-state index contributed by atoms with van der Waals surface area (Å²) in [5.41, 5.74) is 5.07. The molecule has 2 aromatic carbocycles. The summed E-state index contributed by atoms with van der Waals surface area (Å²) in [5.74, 6) is 4.36. The Balaban J connectivity index is 0.000000224. The summed E-state index contributed by atoms with van der Waals surface area (Å²) in [5, 5.41) is 2.82. The number of carbonyl (C=O) groups is 2. The van der Waals surface area contributed by atoms with Crippen LogP contribution in [0.1, 0.15) is 22.8 Å². The zero-order chi connectivity index (χ0) is 42.8. The van der Waals surface area contributed by atoms with E-state index in [1.54, 1.807) is 40.4 Å². The number of nitrogens with zero attached hydrogens (tertiary/aromatic N) is 9. The van der Waals surface area contributed by atoms with E-state index < -0.39 is 0 Å². The smallest absolute Gasteiger partial charge is 0.325 e.